The van der Waals surface area contributed by atoms with Crippen molar-refractivity contribution in [1.29, 1.82) is 0 Å². The highest BCUT2D eigenvalue weighted by atomic mass is 16.7. The van der Waals surface area contributed by atoms with E-state index in [4.69, 9.17) is 23.4 Å². The highest BCUT2D eigenvalue weighted by Crippen LogP contribution is 2.42. The zero-order chi connectivity index (χ0) is 29.1. The van der Waals surface area contributed by atoms with Crippen molar-refractivity contribution in [3.63, 3.8) is 0 Å². The lowest BCUT2D eigenvalue weighted by molar-refractivity contribution is -0.132. The van der Waals surface area contributed by atoms with Crippen LogP contribution in [0.15, 0.2) is 58.7 Å². The first-order valence-corrected chi connectivity index (χ1v) is 13.2. The van der Waals surface area contributed by atoms with Crippen LogP contribution in [0.1, 0.15) is 47.0 Å². The maximum Gasteiger partial charge on any atom is 0.335 e. The van der Waals surface area contributed by atoms with Crippen molar-refractivity contribution in [2.75, 3.05) is 21.0 Å². The van der Waals surface area contributed by atoms with E-state index >= 15 is 0 Å². The van der Waals surface area contributed by atoms with Gasteiger partial charge in [-0.2, -0.15) is 0 Å². The number of aromatic carboxylic acids is 1. The van der Waals surface area contributed by atoms with E-state index in [1.807, 2.05) is 12.1 Å². The maximum atomic E-state index is 12.5. The zero-order valence-corrected chi connectivity index (χ0v) is 23.0. The summed E-state index contributed by atoms with van der Waals surface area (Å²) in [6, 6.07) is 11.9. The Hall–Kier alpha value is -4.92. The average Bonchev–Trinajstić information content (AvgIpc) is 3.60. The molecular formula is C32H30O9. The molecule has 41 heavy (non-hydrogen) atoms. The van der Waals surface area contributed by atoms with Crippen LogP contribution in [0.5, 0.6) is 23.0 Å². The van der Waals surface area contributed by atoms with Crippen molar-refractivity contribution in [3.8, 4) is 34.1 Å². The van der Waals surface area contributed by atoms with Gasteiger partial charge in [-0.3, -0.25) is 0 Å². The zero-order valence-electron chi connectivity index (χ0n) is 23.0. The Morgan fingerprint density at radius 1 is 0.951 bits per heavy atom. The molecule has 0 spiro atoms. The van der Waals surface area contributed by atoms with Gasteiger partial charge in [0.05, 0.1) is 26.0 Å². The molecular weight excluding hydrogens is 528 g/mol. The van der Waals surface area contributed by atoms with Crippen LogP contribution < -0.4 is 18.9 Å². The van der Waals surface area contributed by atoms with E-state index in [1.54, 1.807) is 43.7 Å². The number of unbranched alkanes of at least 4 members (excludes halogenated alkanes) is 1. The highest BCUT2D eigenvalue weighted by Gasteiger charge is 2.23. The van der Waals surface area contributed by atoms with Crippen molar-refractivity contribution in [2.24, 2.45) is 0 Å². The lowest BCUT2D eigenvalue weighted by atomic mass is 9.91. The van der Waals surface area contributed by atoms with Crippen LogP contribution in [0.3, 0.4) is 0 Å². The number of hydrogen-bond acceptors (Lipinski definition) is 7. The van der Waals surface area contributed by atoms with Crippen molar-refractivity contribution in [1.82, 2.24) is 0 Å². The highest BCUT2D eigenvalue weighted by molar-refractivity contribution is 6.05. The third-order valence-electron chi connectivity index (χ3n) is 7.13. The summed E-state index contributed by atoms with van der Waals surface area (Å²) in [4.78, 5) is 24.3. The average molecular weight is 559 g/mol. The minimum Gasteiger partial charge on any atom is -0.496 e. The summed E-state index contributed by atoms with van der Waals surface area (Å²) in [6.07, 6.45) is 5.62. The predicted molar refractivity (Wildman–Crippen MR) is 152 cm³/mol. The molecule has 9 nitrogen and oxygen atoms in total. The smallest absolute Gasteiger partial charge is 0.335 e. The van der Waals surface area contributed by atoms with Crippen LogP contribution in [-0.2, 0) is 17.6 Å². The van der Waals surface area contributed by atoms with Crippen LogP contribution >= 0.6 is 0 Å². The normalized spacial score (nSPS) is 12.5. The van der Waals surface area contributed by atoms with Gasteiger partial charge in [0.25, 0.3) is 0 Å². The van der Waals surface area contributed by atoms with E-state index < -0.39 is 11.9 Å². The SMILES string of the molecule is CCCCc1occ(/C=C(\Cc2cc3c(cc2OC)OCO3)C(=O)O)c1-c1ccc(OC)c2ccc(C(=O)O)cc12. The first-order chi connectivity index (χ1) is 19.8. The van der Waals surface area contributed by atoms with Crippen molar-refractivity contribution >= 4 is 28.8 Å². The number of aryl methyl sites for hydroxylation is 1. The molecule has 0 saturated heterocycles. The van der Waals surface area contributed by atoms with Crippen molar-refractivity contribution in [3.05, 3.63) is 76.8 Å². The number of hydrogen-bond donors (Lipinski definition) is 2. The fourth-order valence-corrected chi connectivity index (χ4v) is 5.07. The molecule has 0 aliphatic carbocycles. The number of ether oxygens (including phenoxy) is 4. The van der Waals surface area contributed by atoms with Crippen LogP contribution in [0.25, 0.3) is 28.0 Å². The van der Waals surface area contributed by atoms with Crippen LogP contribution in [-0.4, -0.2) is 43.2 Å². The number of methoxy groups -OCH3 is 2. The lowest BCUT2D eigenvalue weighted by Crippen LogP contribution is -2.05. The number of carboxylic acids is 2. The Labute approximate surface area is 236 Å². The summed E-state index contributed by atoms with van der Waals surface area (Å²) in [6.45, 7) is 2.16. The monoisotopic (exact) mass is 558 g/mol. The third kappa shape index (κ3) is 5.43. The number of benzene rings is 3. The minimum absolute atomic E-state index is 0.0522. The van der Waals surface area contributed by atoms with Gasteiger partial charge in [0.2, 0.25) is 6.79 Å². The molecule has 1 aliphatic heterocycles. The van der Waals surface area contributed by atoms with Gasteiger partial charge in [-0.25, -0.2) is 9.59 Å². The number of aliphatic carboxylic acids is 1. The molecule has 5 rings (SSSR count). The van der Waals surface area contributed by atoms with E-state index in [2.05, 4.69) is 6.92 Å². The molecule has 212 valence electrons. The van der Waals surface area contributed by atoms with E-state index in [-0.39, 0.29) is 24.4 Å². The Kier molecular flexibility index (Phi) is 7.87. The Balaban J connectivity index is 1.68. The summed E-state index contributed by atoms with van der Waals surface area (Å²) in [5, 5.41) is 21.3. The van der Waals surface area contributed by atoms with E-state index in [1.165, 1.54) is 13.2 Å². The summed E-state index contributed by atoms with van der Waals surface area (Å²) < 4.78 is 28.0. The fourth-order valence-electron chi connectivity index (χ4n) is 5.07. The Bertz CT molecular complexity index is 1660. The van der Waals surface area contributed by atoms with Crippen molar-refractivity contribution in [2.45, 2.75) is 32.6 Å². The number of carbonyl (C=O) groups is 2. The van der Waals surface area contributed by atoms with Gasteiger partial charge in [-0.1, -0.05) is 13.3 Å². The quantitative estimate of drug-likeness (QED) is 0.196. The second-order valence-corrected chi connectivity index (χ2v) is 9.64. The van der Waals surface area contributed by atoms with Crippen molar-refractivity contribution < 1.29 is 43.2 Å². The molecule has 1 aromatic heterocycles. The molecule has 2 N–H and O–H groups in total. The fraction of sp³-hybridized carbons (Fsp3) is 0.250. The van der Waals surface area contributed by atoms with Gasteiger partial charge < -0.3 is 33.6 Å². The van der Waals surface area contributed by atoms with Gasteiger partial charge in [0.15, 0.2) is 11.5 Å². The summed E-state index contributed by atoms with van der Waals surface area (Å²) >= 11 is 0. The molecule has 0 radical (unpaired) electrons. The standard InChI is InChI=1S/C32H30O9/c1-4-5-6-26-30(23-9-10-25(37-2)22-8-7-18(31(33)34)13-24(22)23)21(16-39-26)12-20(32(35)36)11-19-14-28-29(41-17-40-28)15-27(19)38-3/h7-10,12-16H,4-6,11,17H2,1-3H3,(H,33,34)(H,35,36)/b20-12+. The largest absolute Gasteiger partial charge is 0.496 e. The van der Waals surface area contributed by atoms with Gasteiger partial charge in [0, 0.05) is 46.6 Å². The molecule has 0 atom stereocenters. The van der Waals surface area contributed by atoms with Crippen LogP contribution in [0, 0.1) is 0 Å². The summed E-state index contributed by atoms with van der Waals surface area (Å²) in [7, 11) is 3.07. The molecule has 0 saturated carbocycles. The van der Waals surface area contributed by atoms with E-state index in [0.29, 0.717) is 57.3 Å². The van der Waals surface area contributed by atoms with Gasteiger partial charge in [-0.15, -0.1) is 0 Å². The molecule has 9 heteroatoms. The second-order valence-electron chi connectivity index (χ2n) is 9.64. The molecule has 0 unspecified atom stereocenters. The van der Waals surface area contributed by atoms with Crippen LogP contribution in [0.4, 0.5) is 0 Å². The molecule has 0 bridgehead atoms. The summed E-state index contributed by atoms with van der Waals surface area (Å²) in [5.74, 6) is 0.685. The predicted octanol–water partition coefficient (Wildman–Crippen LogP) is 6.60. The van der Waals surface area contributed by atoms with Gasteiger partial charge in [-0.05, 0) is 59.8 Å². The molecule has 3 aromatic carbocycles. The second kappa shape index (κ2) is 11.7. The van der Waals surface area contributed by atoms with Gasteiger partial charge in [0.1, 0.15) is 17.3 Å². The molecule has 1 aliphatic rings. The molecule has 2 heterocycles. The van der Waals surface area contributed by atoms with Gasteiger partial charge >= 0.3 is 11.9 Å². The number of fused-ring (bicyclic) bond motifs is 2. The Morgan fingerprint density at radius 3 is 2.39 bits per heavy atom. The number of furan rings is 1. The molecule has 0 fully saturated rings. The topological polar surface area (TPSA) is 125 Å². The van der Waals surface area contributed by atoms with Crippen LogP contribution in [0.2, 0.25) is 0 Å². The van der Waals surface area contributed by atoms with E-state index in [9.17, 15) is 19.8 Å². The maximum absolute atomic E-state index is 12.5. The molecule has 0 amide bonds. The Morgan fingerprint density at radius 2 is 1.71 bits per heavy atom. The first-order valence-electron chi connectivity index (χ1n) is 13.2. The first kappa shape index (κ1) is 27.6. The molecule has 4 aromatic rings. The number of carboxylic acid groups (broad SMARTS) is 2. The van der Waals surface area contributed by atoms with E-state index in [0.717, 1.165) is 23.8 Å². The summed E-state index contributed by atoms with van der Waals surface area (Å²) in [5.41, 5.74) is 2.87. The number of rotatable bonds is 11. The third-order valence-corrected chi connectivity index (χ3v) is 7.13. The lowest BCUT2D eigenvalue weighted by Gasteiger charge is -2.13. The minimum atomic E-state index is -1.10.